The number of amides is 1. The van der Waals surface area contributed by atoms with E-state index >= 15 is 0 Å². The minimum Gasteiger partial charge on any atom is -0.378 e. The first kappa shape index (κ1) is 15.9. The highest BCUT2D eigenvalue weighted by molar-refractivity contribution is 8.00. The number of hydrogen-bond acceptors (Lipinski definition) is 6. The summed E-state index contributed by atoms with van der Waals surface area (Å²) in [5, 5.41) is 5.62. The number of nitrogen functional groups attached to an aromatic ring is 1. The molecule has 1 unspecified atom stereocenters. The van der Waals surface area contributed by atoms with Crippen LogP contribution in [-0.2, 0) is 15.7 Å². The number of hydrogen-bond donors (Lipinski definition) is 1. The van der Waals surface area contributed by atoms with Crippen molar-refractivity contribution in [1.82, 2.24) is 19.8 Å². The second-order valence-corrected chi connectivity index (χ2v) is 5.68. The largest absolute Gasteiger partial charge is 0.453 e. The van der Waals surface area contributed by atoms with E-state index < -0.39 is 17.3 Å². The van der Waals surface area contributed by atoms with Crippen LogP contribution in [0, 0.1) is 0 Å². The molecule has 1 aromatic rings. The van der Waals surface area contributed by atoms with Crippen LogP contribution in [0.2, 0.25) is 0 Å². The summed E-state index contributed by atoms with van der Waals surface area (Å²) in [5.41, 5.74) is 0. The van der Waals surface area contributed by atoms with E-state index in [-0.39, 0.29) is 11.1 Å². The van der Waals surface area contributed by atoms with Crippen molar-refractivity contribution >= 4 is 17.7 Å². The van der Waals surface area contributed by atoms with E-state index in [9.17, 15) is 18.0 Å². The van der Waals surface area contributed by atoms with Crippen LogP contribution in [-0.4, -0.2) is 57.2 Å². The van der Waals surface area contributed by atoms with Gasteiger partial charge in [0.1, 0.15) is 0 Å². The summed E-state index contributed by atoms with van der Waals surface area (Å²) >= 11 is 0.841. The highest BCUT2D eigenvalue weighted by atomic mass is 32.2. The Balaban J connectivity index is 2.04. The molecule has 1 fully saturated rings. The maximum atomic E-state index is 12.5. The zero-order valence-electron chi connectivity index (χ0n) is 11.1. The van der Waals surface area contributed by atoms with Gasteiger partial charge in [0.2, 0.25) is 11.1 Å². The molecule has 1 aliphatic rings. The molecule has 1 aromatic heterocycles. The zero-order valence-corrected chi connectivity index (χ0v) is 11.9. The van der Waals surface area contributed by atoms with E-state index in [4.69, 9.17) is 10.6 Å². The molecule has 0 aliphatic carbocycles. The molecule has 1 atom stereocenters. The third-order valence-corrected chi connectivity index (χ3v) is 3.92. The molecule has 0 spiro atoms. The number of thioether (sulfide) groups is 1. The summed E-state index contributed by atoms with van der Waals surface area (Å²) < 4.78 is 43.1. The van der Waals surface area contributed by atoms with Crippen molar-refractivity contribution in [2.24, 2.45) is 0 Å². The Bertz CT molecular complexity index is 515. The number of nitrogens with zero attached hydrogens (tertiary/aromatic N) is 4. The number of ether oxygens (including phenoxy) is 1. The number of halogens is 3. The summed E-state index contributed by atoms with van der Waals surface area (Å²) in [6.45, 7) is 3.42. The van der Waals surface area contributed by atoms with Gasteiger partial charge in [0.25, 0.3) is 5.82 Å². The van der Waals surface area contributed by atoms with Gasteiger partial charge < -0.3 is 15.5 Å². The molecular weight excluding hydrogens is 311 g/mol. The van der Waals surface area contributed by atoms with E-state index in [1.807, 2.05) is 0 Å². The van der Waals surface area contributed by atoms with Crippen molar-refractivity contribution in [3.8, 4) is 0 Å². The van der Waals surface area contributed by atoms with Crippen molar-refractivity contribution in [2.45, 2.75) is 23.5 Å². The fraction of sp³-hybridized carbons (Fsp3) is 0.700. The molecule has 2 rings (SSSR count). The summed E-state index contributed by atoms with van der Waals surface area (Å²) in [5.74, 6) is 3.83. The van der Waals surface area contributed by atoms with Gasteiger partial charge in [-0.2, -0.15) is 13.2 Å². The van der Waals surface area contributed by atoms with Crippen LogP contribution in [0.3, 0.4) is 0 Å². The molecule has 0 bridgehead atoms. The molecule has 118 valence electrons. The molecule has 1 saturated heterocycles. The molecule has 0 aromatic carbocycles. The first-order valence-corrected chi connectivity index (χ1v) is 6.99. The number of alkyl halides is 3. The second-order valence-electron chi connectivity index (χ2n) is 4.37. The maximum absolute atomic E-state index is 12.5. The SMILES string of the molecule is CC(Sc1nnc(C(F)(F)F)n1N)C(=O)N1CCOCC1. The van der Waals surface area contributed by atoms with Crippen molar-refractivity contribution < 1.29 is 22.7 Å². The Labute approximate surface area is 122 Å². The summed E-state index contributed by atoms with van der Waals surface area (Å²) in [4.78, 5) is 13.7. The predicted octanol–water partition coefficient (Wildman–Crippen LogP) is 0.350. The number of rotatable bonds is 3. The van der Waals surface area contributed by atoms with Gasteiger partial charge in [-0.3, -0.25) is 4.79 Å². The lowest BCUT2D eigenvalue weighted by molar-refractivity contribution is -0.146. The van der Waals surface area contributed by atoms with E-state index in [1.165, 1.54) is 0 Å². The smallest absolute Gasteiger partial charge is 0.378 e. The Morgan fingerprint density at radius 2 is 2.00 bits per heavy atom. The van der Waals surface area contributed by atoms with Crippen LogP contribution in [0.15, 0.2) is 5.16 Å². The lowest BCUT2D eigenvalue weighted by Gasteiger charge is -2.28. The number of carbonyl (C=O) groups excluding carboxylic acids is 1. The molecule has 0 saturated carbocycles. The molecule has 1 aliphatic heterocycles. The molecule has 21 heavy (non-hydrogen) atoms. The lowest BCUT2D eigenvalue weighted by Crippen LogP contribution is -2.44. The Kier molecular flexibility index (Phi) is 4.61. The summed E-state index contributed by atoms with van der Waals surface area (Å²) in [6.07, 6.45) is -4.68. The molecule has 2 N–H and O–H groups in total. The first-order valence-electron chi connectivity index (χ1n) is 6.11. The predicted molar refractivity (Wildman–Crippen MR) is 67.9 cm³/mol. The lowest BCUT2D eigenvalue weighted by atomic mass is 10.3. The zero-order chi connectivity index (χ0) is 15.6. The van der Waals surface area contributed by atoms with Gasteiger partial charge in [0.05, 0.1) is 18.5 Å². The number of carbonyl (C=O) groups is 1. The van der Waals surface area contributed by atoms with E-state index in [1.54, 1.807) is 11.8 Å². The first-order chi connectivity index (χ1) is 9.80. The quantitative estimate of drug-likeness (QED) is 0.637. The fourth-order valence-corrected chi connectivity index (χ4v) is 2.65. The number of aromatic nitrogens is 3. The molecule has 0 radical (unpaired) electrons. The Hall–Kier alpha value is -1.49. The van der Waals surface area contributed by atoms with E-state index in [0.717, 1.165) is 11.8 Å². The van der Waals surface area contributed by atoms with Gasteiger partial charge in [-0.05, 0) is 6.92 Å². The minimum absolute atomic E-state index is 0.156. The third kappa shape index (κ3) is 3.59. The van der Waals surface area contributed by atoms with Gasteiger partial charge in [-0.1, -0.05) is 11.8 Å². The van der Waals surface area contributed by atoms with Gasteiger partial charge in [-0.25, -0.2) is 4.68 Å². The van der Waals surface area contributed by atoms with Gasteiger partial charge in [-0.15, -0.1) is 10.2 Å². The van der Waals surface area contributed by atoms with Crippen molar-refractivity contribution in [3.05, 3.63) is 5.82 Å². The molecule has 1 amide bonds. The number of nitrogens with two attached hydrogens (primary N) is 1. The normalized spacial score (nSPS) is 17.8. The van der Waals surface area contributed by atoms with Crippen molar-refractivity contribution in [2.75, 3.05) is 32.1 Å². The molecule has 11 heteroatoms. The molecule has 7 nitrogen and oxygen atoms in total. The minimum atomic E-state index is -4.68. The van der Waals surface area contributed by atoms with Crippen LogP contribution in [0.1, 0.15) is 12.7 Å². The standard InChI is InChI=1S/C10H14F3N5O2S/c1-6(7(19)17-2-4-20-5-3-17)21-9-16-15-8(18(9)14)10(11,12)13/h6H,2-5,14H2,1H3. The maximum Gasteiger partial charge on any atom is 0.453 e. The van der Waals surface area contributed by atoms with Crippen LogP contribution >= 0.6 is 11.8 Å². The molecular formula is C10H14F3N5O2S. The average Bonchev–Trinajstić information content (AvgIpc) is 2.80. The fourth-order valence-electron chi connectivity index (χ4n) is 1.80. The summed E-state index contributed by atoms with van der Waals surface area (Å²) in [7, 11) is 0. The highest BCUT2D eigenvalue weighted by Gasteiger charge is 2.38. The Morgan fingerprint density at radius 1 is 1.38 bits per heavy atom. The topological polar surface area (TPSA) is 86.3 Å². The average molecular weight is 325 g/mol. The molecule has 2 heterocycles. The van der Waals surface area contributed by atoms with Crippen molar-refractivity contribution in [1.29, 1.82) is 0 Å². The van der Waals surface area contributed by atoms with E-state index in [2.05, 4.69) is 10.2 Å². The van der Waals surface area contributed by atoms with Crippen LogP contribution in [0.25, 0.3) is 0 Å². The Morgan fingerprint density at radius 3 is 2.52 bits per heavy atom. The summed E-state index contributed by atoms with van der Waals surface area (Å²) in [6, 6.07) is 0. The van der Waals surface area contributed by atoms with Crippen LogP contribution in [0.5, 0.6) is 0 Å². The third-order valence-electron chi connectivity index (χ3n) is 2.87. The van der Waals surface area contributed by atoms with E-state index in [0.29, 0.717) is 31.0 Å². The highest BCUT2D eigenvalue weighted by Crippen LogP contribution is 2.30. The van der Waals surface area contributed by atoms with Gasteiger partial charge >= 0.3 is 6.18 Å². The van der Waals surface area contributed by atoms with Crippen LogP contribution in [0.4, 0.5) is 13.2 Å². The van der Waals surface area contributed by atoms with Gasteiger partial charge in [0.15, 0.2) is 0 Å². The number of morpholine rings is 1. The van der Waals surface area contributed by atoms with Gasteiger partial charge in [0, 0.05) is 13.1 Å². The van der Waals surface area contributed by atoms with Crippen LogP contribution < -0.4 is 5.84 Å². The monoisotopic (exact) mass is 325 g/mol. The second kappa shape index (κ2) is 6.10. The van der Waals surface area contributed by atoms with Crippen molar-refractivity contribution in [3.63, 3.8) is 0 Å².